The average Bonchev–Trinajstić information content (AvgIpc) is 2.75. The summed E-state index contributed by atoms with van der Waals surface area (Å²) in [5.74, 6) is 1.24. The number of hydrogen-bond acceptors (Lipinski definition) is 4. The van der Waals surface area contributed by atoms with Crippen LogP contribution in [0.3, 0.4) is 0 Å². The Kier molecular flexibility index (Phi) is 8.36. The summed E-state index contributed by atoms with van der Waals surface area (Å²) in [7, 11) is 1.54. The van der Waals surface area contributed by atoms with Crippen molar-refractivity contribution in [1.29, 1.82) is 5.26 Å². The molecular formula is C23H28N2O3. The van der Waals surface area contributed by atoms with Gasteiger partial charge in [-0.1, -0.05) is 37.3 Å². The zero-order chi connectivity index (χ0) is 20.4. The van der Waals surface area contributed by atoms with Gasteiger partial charge in [0.2, 0.25) is 5.91 Å². The van der Waals surface area contributed by atoms with E-state index in [0.717, 1.165) is 12.0 Å². The van der Waals surface area contributed by atoms with Gasteiger partial charge in [-0.25, -0.2) is 0 Å². The molecule has 0 heterocycles. The van der Waals surface area contributed by atoms with E-state index in [9.17, 15) is 4.79 Å². The number of nitrogens with zero attached hydrogens (tertiary/aromatic N) is 2. The lowest BCUT2D eigenvalue weighted by Gasteiger charge is -2.29. The second-order valence-electron chi connectivity index (χ2n) is 6.69. The van der Waals surface area contributed by atoms with Crippen molar-refractivity contribution in [1.82, 2.24) is 4.90 Å². The first kappa shape index (κ1) is 21.3. The lowest BCUT2D eigenvalue weighted by Crippen LogP contribution is -2.37. The maximum absolute atomic E-state index is 12.8. The highest BCUT2D eigenvalue weighted by Gasteiger charge is 2.19. The van der Waals surface area contributed by atoms with E-state index in [0.29, 0.717) is 43.1 Å². The van der Waals surface area contributed by atoms with Crippen molar-refractivity contribution in [3.05, 3.63) is 59.7 Å². The number of nitriles is 1. The molecular weight excluding hydrogens is 352 g/mol. The van der Waals surface area contributed by atoms with Crippen LogP contribution in [0.15, 0.2) is 48.5 Å². The van der Waals surface area contributed by atoms with E-state index in [1.165, 1.54) is 0 Å². The third kappa shape index (κ3) is 6.02. The standard InChI is InChI=1S/C23H28N2O3/c1-4-18(2)25(17-19-9-6-5-7-10-19)23(26)11-8-14-28-21-13-12-20(16-24)15-22(21)27-3/h5-7,9-10,12-13,15,18H,4,8,11,14,17H2,1-3H3. The van der Waals surface area contributed by atoms with Crippen LogP contribution >= 0.6 is 0 Å². The van der Waals surface area contributed by atoms with Crippen LogP contribution in [0.1, 0.15) is 44.2 Å². The predicted molar refractivity (Wildman–Crippen MR) is 109 cm³/mol. The molecule has 2 aromatic rings. The lowest BCUT2D eigenvalue weighted by molar-refractivity contribution is -0.134. The van der Waals surface area contributed by atoms with Crippen molar-refractivity contribution in [3.63, 3.8) is 0 Å². The number of carbonyl (C=O) groups is 1. The largest absolute Gasteiger partial charge is 0.493 e. The van der Waals surface area contributed by atoms with Gasteiger partial charge in [0.1, 0.15) is 0 Å². The topological polar surface area (TPSA) is 62.6 Å². The number of methoxy groups -OCH3 is 1. The van der Waals surface area contributed by atoms with Crippen molar-refractivity contribution in [2.75, 3.05) is 13.7 Å². The number of amides is 1. The molecule has 0 aromatic heterocycles. The van der Waals surface area contributed by atoms with Crippen LogP contribution < -0.4 is 9.47 Å². The molecule has 28 heavy (non-hydrogen) atoms. The van der Waals surface area contributed by atoms with E-state index in [1.54, 1.807) is 25.3 Å². The molecule has 0 aliphatic heterocycles. The number of hydrogen-bond donors (Lipinski definition) is 0. The summed E-state index contributed by atoms with van der Waals surface area (Å²) < 4.78 is 11.0. The van der Waals surface area contributed by atoms with E-state index < -0.39 is 0 Å². The first-order valence-electron chi connectivity index (χ1n) is 9.63. The van der Waals surface area contributed by atoms with Crippen LogP contribution in [-0.4, -0.2) is 30.6 Å². The van der Waals surface area contributed by atoms with Gasteiger partial charge in [-0.15, -0.1) is 0 Å². The minimum absolute atomic E-state index is 0.133. The first-order chi connectivity index (χ1) is 13.6. The number of rotatable bonds is 10. The molecule has 0 fully saturated rings. The smallest absolute Gasteiger partial charge is 0.223 e. The Hall–Kier alpha value is -3.00. The second-order valence-corrected chi connectivity index (χ2v) is 6.69. The highest BCUT2D eigenvalue weighted by Crippen LogP contribution is 2.28. The molecule has 0 spiro atoms. The van der Waals surface area contributed by atoms with Gasteiger partial charge in [-0.3, -0.25) is 4.79 Å². The van der Waals surface area contributed by atoms with Gasteiger partial charge in [0.15, 0.2) is 11.5 Å². The second kappa shape index (κ2) is 11.0. The molecule has 5 nitrogen and oxygen atoms in total. The summed E-state index contributed by atoms with van der Waals surface area (Å²) in [5, 5.41) is 8.96. The van der Waals surface area contributed by atoms with Gasteiger partial charge in [-0.2, -0.15) is 5.26 Å². The fourth-order valence-electron chi connectivity index (χ4n) is 2.90. The predicted octanol–water partition coefficient (Wildman–Crippen LogP) is 4.55. The molecule has 5 heteroatoms. The maximum atomic E-state index is 12.8. The zero-order valence-corrected chi connectivity index (χ0v) is 16.9. The van der Waals surface area contributed by atoms with Crippen molar-refractivity contribution in [2.24, 2.45) is 0 Å². The molecule has 1 atom stereocenters. The third-order valence-electron chi connectivity index (χ3n) is 4.72. The number of ether oxygens (including phenoxy) is 2. The van der Waals surface area contributed by atoms with Crippen LogP contribution in [0.25, 0.3) is 0 Å². The summed E-state index contributed by atoms with van der Waals surface area (Å²) in [5.41, 5.74) is 1.65. The van der Waals surface area contributed by atoms with Gasteiger partial charge in [0.05, 0.1) is 25.3 Å². The Balaban J connectivity index is 1.89. The van der Waals surface area contributed by atoms with Crippen LogP contribution in [0.4, 0.5) is 0 Å². The molecule has 148 valence electrons. The molecule has 0 aliphatic carbocycles. The van der Waals surface area contributed by atoms with Crippen LogP contribution in [-0.2, 0) is 11.3 Å². The monoisotopic (exact) mass is 380 g/mol. The van der Waals surface area contributed by atoms with E-state index >= 15 is 0 Å². The SMILES string of the molecule is CCC(C)N(Cc1ccccc1)C(=O)CCCOc1ccc(C#N)cc1OC. The van der Waals surface area contributed by atoms with E-state index in [1.807, 2.05) is 35.2 Å². The van der Waals surface area contributed by atoms with Crippen molar-refractivity contribution >= 4 is 5.91 Å². The van der Waals surface area contributed by atoms with Gasteiger partial charge in [0.25, 0.3) is 0 Å². The minimum Gasteiger partial charge on any atom is -0.493 e. The molecule has 0 aliphatic rings. The summed E-state index contributed by atoms with van der Waals surface area (Å²) in [6.07, 6.45) is 1.96. The fraction of sp³-hybridized carbons (Fsp3) is 0.391. The Morgan fingerprint density at radius 2 is 1.93 bits per heavy atom. The normalized spacial score (nSPS) is 11.4. The quantitative estimate of drug-likeness (QED) is 0.567. The molecule has 0 radical (unpaired) electrons. The molecule has 0 bridgehead atoms. The zero-order valence-electron chi connectivity index (χ0n) is 16.9. The van der Waals surface area contributed by atoms with E-state index in [-0.39, 0.29) is 11.9 Å². The van der Waals surface area contributed by atoms with Gasteiger partial charge in [-0.05, 0) is 37.5 Å². The minimum atomic E-state index is 0.133. The number of carbonyl (C=O) groups excluding carboxylic acids is 1. The Labute approximate surface area is 167 Å². The Morgan fingerprint density at radius 3 is 2.57 bits per heavy atom. The van der Waals surface area contributed by atoms with Gasteiger partial charge < -0.3 is 14.4 Å². The molecule has 0 saturated carbocycles. The Bertz CT molecular complexity index is 799. The number of benzene rings is 2. The van der Waals surface area contributed by atoms with E-state index in [4.69, 9.17) is 14.7 Å². The first-order valence-corrected chi connectivity index (χ1v) is 9.63. The highest BCUT2D eigenvalue weighted by molar-refractivity contribution is 5.76. The average molecular weight is 380 g/mol. The maximum Gasteiger partial charge on any atom is 0.223 e. The summed E-state index contributed by atoms with van der Waals surface area (Å²) in [6.45, 7) is 5.21. The Morgan fingerprint density at radius 1 is 1.18 bits per heavy atom. The van der Waals surface area contributed by atoms with Crippen LogP contribution in [0.5, 0.6) is 11.5 Å². The van der Waals surface area contributed by atoms with Crippen molar-refractivity contribution in [3.8, 4) is 17.6 Å². The van der Waals surface area contributed by atoms with Crippen LogP contribution in [0, 0.1) is 11.3 Å². The van der Waals surface area contributed by atoms with Crippen molar-refractivity contribution in [2.45, 2.75) is 45.7 Å². The van der Waals surface area contributed by atoms with Gasteiger partial charge in [0, 0.05) is 25.1 Å². The summed E-state index contributed by atoms with van der Waals surface area (Å²) >= 11 is 0. The molecule has 1 unspecified atom stereocenters. The third-order valence-corrected chi connectivity index (χ3v) is 4.72. The molecule has 2 rings (SSSR count). The van der Waals surface area contributed by atoms with Crippen LogP contribution in [0.2, 0.25) is 0 Å². The molecule has 2 aromatic carbocycles. The molecule has 0 N–H and O–H groups in total. The highest BCUT2D eigenvalue weighted by atomic mass is 16.5. The molecule has 0 saturated heterocycles. The molecule has 1 amide bonds. The fourth-order valence-corrected chi connectivity index (χ4v) is 2.90. The summed E-state index contributed by atoms with van der Waals surface area (Å²) in [6, 6.07) is 17.4. The lowest BCUT2D eigenvalue weighted by atomic mass is 10.1. The van der Waals surface area contributed by atoms with Gasteiger partial charge >= 0.3 is 0 Å². The summed E-state index contributed by atoms with van der Waals surface area (Å²) in [4.78, 5) is 14.7. The van der Waals surface area contributed by atoms with Crippen molar-refractivity contribution < 1.29 is 14.3 Å². The van der Waals surface area contributed by atoms with E-state index in [2.05, 4.69) is 19.9 Å².